The number of amides is 1. The average Bonchev–Trinajstić information content (AvgIpc) is 2.57. The van der Waals surface area contributed by atoms with E-state index in [9.17, 15) is 4.79 Å². The zero-order valence-corrected chi connectivity index (χ0v) is 18.3. The standard InChI is InChI=1S/C23H31NO2S/c1-8-9-21(25)24-17-12-15(2)22(16(3)13-17)27-18-10-11-20(26-7)19(14-18)23(4,5)6/h10-14H,8-9H2,1-7H3,(H,24,25). The number of methoxy groups -OCH3 is 1. The van der Waals surface area contributed by atoms with Crippen molar-refractivity contribution in [3.8, 4) is 5.75 Å². The van der Waals surface area contributed by atoms with Gasteiger partial charge >= 0.3 is 0 Å². The van der Waals surface area contributed by atoms with Crippen LogP contribution in [0.4, 0.5) is 5.69 Å². The summed E-state index contributed by atoms with van der Waals surface area (Å²) in [5.74, 6) is 0.996. The van der Waals surface area contributed by atoms with Gasteiger partial charge < -0.3 is 10.1 Å². The molecule has 27 heavy (non-hydrogen) atoms. The molecule has 0 radical (unpaired) electrons. The molecule has 2 rings (SSSR count). The molecule has 0 saturated carbocycles. The van der Waals surface area contributed by atoms with Crippen molar-refractivity contribution in [2.75, 3.05) is 12.4 Å². The van der Waals surface area contributed by atoms with E-state index in [0.717, 1.165) is 17.9 Å². The maximum atomic E-state index is 11.9. The van der Waals surface area contributed by atoms with Crippen LogP contribution in [0.25, 0.3) is 0 Å². The number of ether oxygens (including phenoxy) is 1. The number of anilines is 1. The minimum Gasteiger partial charge on any atom is -0.496 e. The number of carbonyl (C=O) groups excluding carboxylic acids is 1. The molecule has 0 bridgehead atoms. The highest BCUT2D eigenvalue weighted by molar-refractivity contribution is 7.99. The van der Waals surface area contributed by atoms with Gasteiger partial charge in [-0.3, -0.25) is 4.79 Å². The highest BCUT2D eigenvalue weighted by Gasteiger charge is 2.20. The minimum atomic E-state index is 0.0133. The molecule has 0 aliphatic carbocycles. The molecule has 0 aliphatic heterocycles. The first kappa shape index (κ1) is 21.4. The van der Waals surface area contributed by atoms with Crippen LogP contribution in [0.2, 0.25) is 0 Å². The number of nitrogens with one attached hydrogen (secondary N) is 1. The molecule has 146 valence electrons. The summed E-state index contributed by atoms with van der Waals surface area (Å²) in [5.41, 5.74) is 4.42. The summed E-state index contributed by atoms with van der Waals surface area (Å²) in [4.78, 5) is 14.3. The van der Waals surface area contributed by atoms with Crippen LogP contribution in [0.1, 0.15) is 57.2 Å². The monoisotopic (exact) mass is 385 g/mol. The van der Waals surface area contributed by atoms with Gasteiger partial charge in [-0.05, 0) is 67.1 Å². The molecule has 4 heteroatoms. The van der Waals surface area contributed by atoms with Gasteiger partial charge in [-0.25, -0.2) is 0 Å². The van der Waals surface area contributed by atoms with E-state index in [-0.39, 0.29) is 11.3 Å². The fourth-order valence-electron chi connectivity index (χ4n) is 3.09. The van der Waals surface area contributed by atoms with Gasteiger partial charge in [-0.1, -0.05) is 39.5 Å². The maximum absolute atomic E-state index is 11.9. The Labute approximate surface area is 167 Å². The van der Waals surface area contributed by atoms with Gasteiger partial charge in [0.1, 0.15) is 5.75 Å². The van der Waals surface area contributed by atoms with Crippen LogP contribution in [0, 0.1) is 13.8 Å². The third-order valence-electron chi connectivity index (χ3n) is 4.42. The normalized spacial score (nSPS) is 11.4. The quantitative estimate of drug-likeness (QED) is 0.617. The van der Waals surface area contributed by atoms with Gasteiger partial charge in [0, 0.05) is 27.5 Å². The molecule has 1 N–H and O–H groups in total. The first-order chi connectivity index (χ1) is 12.7. The molecular formula is C23H31NO2S. The Morgan fingerprint density at radius 3 is 2.26 bits per heavy atom. The molecule has 2 aromatic carbocycles. The number of carbonyl (C=O) groups is 1. The first-order valence-electron chi connectivity index (χ1n) is 9.43. The Hall–Kier alpha value is -1.94. The molecule has 0 saturated heterocycles. The molecular weight excluding hydrogens is 354 g/mol. The Kier molecular flexibility index (Phi) is 6.99. The van der Waals surface area contributed by atoms with Crippen LogP contribution in [0.15, 0.2) is 40.1 Å². The van der Waals surface area contributed by atoms with E-state index >= 15 is 0 Å². The van der Waals surface area contributed by atoms with Gasteiger partial charge in [-0.2, -0.15) is 0 Å². The van der Waals surface area contributed by atoms with E-state index in [1.54, 1.807) is 18.9 Å². The Morgan fingerprint density at radius 1 is 1.11 bits per heavy atom. The molecule has 0 heterocycles. The zero-order valence-electron chi connectivity index (χ0n) is 17.5. The summed E-state index contributed by atoms with van der Waals surface area (Å²) < 4.78 is 5.55. The van der Waals surface area contributed by atoms with Crippen molar-refractivity contribution in [1.82, 2.24) is 0 Å². The lowest BCUT2D eigenvalue weighted by Gasteiger charge is -2.23. The van der Waals surface area contributed by atoms with E-state index in [0.29, 0.717) is 6.42 Å². The number of hydrogen-bond donors (Lipinski definition) is 1. The smallest absolute Gasteiger partial charge is 0.224 e. The fourth-order valence-corrected chi connectivity index (χ4v) is 4.08. The van der Waals surface area contributed by atoms with Crippen LogP contribution >= 0.6 is 11.8 Å². The minimum absolute atomic E-state index is 0.0133. The lowest BCUT2D eigenvalue weighted by molar-refractivity contribution is -0.116. The van der Waals surface area contributed by atoms with Crippen molar-refractivity contribution in [3.63, 3.8) is 0 Å². The molecule has 3 nitrogen and oxygen atoms in total. The summed E-state index contributed by atoms with van der Waals surface area (Å²) in [6.07, 6.45) is 1.40. The van der Waals surface area contributed by atoms with Crippen molar-refractivity contribution in [2.24, 2.45) is 0 Å². The van der Waals surface area contributed by atoms with Gasteiger partial charge in [0.05, 0.1) is 7.11 Å². The molecule has 0 atom stereocenters. The number of benzene rings is 2. The Bertz CT molecular complexity index is 799. The Morgan fingerprint density at radius 2 is 1.74 bits per heavy atom. The molecule has 2 aromatic rings. The van der Waals surface area contributed by atoms with Crippen molar-refractivity contribution in [3.05, 3.63) is 47.0 Å². The van der Waals surface area contributed by atoms with E-state index < -0.39 is 0 Å². The first-order valence-corrected chi connectivity index (χ1v) is 10.2. The second-order valence-electron chi connectivity index (χ2n) is 7.95. The third kappa shape index (κ3) is 5.52. The summed E-state index contributed by atoms with van der Waals surface area (Å²) in [6, 6.07) is 10.5. The molecule has 0 unspecified atom stereocenters. The van der Waals surface area contributed by atoms with Crippen molar-refractivity contribution >= 4 is 23.4 Å². The lowest BCUT2D eigenvalue weighted by atomic mass is 9.86. The predicted molar refractivity (Wildman–Crippen MR) is 115 cm³/mol. The molecule has 0 aliphatic rings. The number of hydrogen-bond acceptors (Lipinski definition) is 3. The summed E-state index contributed by atoms with van der Waals surface area (Å²) >= 11 is 1.76. The van der Waals surface area contributed by atoms with Crippen LogP contribution in [0.3, 0.4) is 0 Å². The van der Waals surface area contributed by atoms with Gasteiger partial charge in [0.2, 0.25) is 5.91 Å². The van der Waals surface area contributed by atoms with E-state index in [1.165, 1.54) is 26.5 Å². The summed E-state index contributed by atoms with van der Waals surface area (Å²) in [6.45, 7) is 12.8. The Balaban J connectivity index is 2.31. The highest BCUT2D eigenvalue weighted by atomic mass is 32.2. The highest BCUT2D eigenvalue weighted by Crippen LogP contribution is 2.39. The van der Waals surface area contributed by atoms with Crippen molar-refractivity contribution < 1.29 is 9.53 Å². The van der Waals surface area contributed by atoms with Gasteiger partial charge in [0.15, 0.2) is 0 Å². The van der Waals surface area contributed by atoms with Crippen LogP contribution in [0.5, 0.6) is 5.75 Å². The maximum Gasteiger partial charge on any atom is 0.224 e. The largest absolute Gasteiger partial charge is 0.496 e. The van der Waals surface area contributed by atoms with E-state index in [2.05, 4.69) is 64.2 Å². The molecule has 0 aromatic heterocycles. The second-order valence-corrected chi connectivity index (χ2v) is 9.04. The van der Waals surface area contributed by atoms with Gasteiger partial charge in [0.25, 0.3) is 0 Å². The lowest BCUT2D eigenvalue weighted by Crippen LogP contribution is -2.12. The average molecular weight is 386 g/mol. The third-order valence-corrected chi connectivity index (χ3v) is 5.76. The van der Waals surface area contributed by atoms with Crippen LogP contribution < -0.4 is 10.1 Å². The molecule has 0 spiro atoms. The molecule has 1 amide bonds. The zero-order chi connectivity index (χ0) is 20.2. The predicted octanol–water partition coefficient (Wildman–Crippen LogP) is 6.50. The number of rotatable bonds is 6. The molecule has 0 fully saturated rings. The van der Waals surface area contributed by atoms with Gasteiger partial charge in [-0.15, -0.1) is 0 Å². The topological polar surface area (TPSA) is 38.3 Å². The summed E-state index contributed by atoms with van der Waals surface area (Å²) in [7, 11) is 1.72. The second kappa shape index (κ2) is 8.83. The SMILES string of the molecule is CCCC(=O)Nc1cc(C)c(Sc2ccc(OC)c(C(C)(C)C)c2)c(C)c1. The summed E-state index contributed by atoms with van der Waals surface area (Å²) in [5, 5.41) is 2.99. The van der Waals surface area contributed by atoms with Crippen LogP contribution in [-0.2, 0) is 10.2 Å². The van der Waals surface area contributed by atoms with E-state index in [1.807, 2.05) is 13.0 Å². The van der Waals surface area contributed by atoms with Crippen molar-refractivity contribution in [2.45, 2.75) is 69.6 Å². The van der Waals surface area contributed by atoms with Crippen molar-refractivity contribution in [1.29, 1.82) is 0 Å². The van der Waals surface area contributed by atoms with E-state index in [4.69, 9.17) is 4.74 Å². The number of aryl methyl sites for hydroxylation is 2. The van der Waals surface area contributed by atoms with Crippen LogP contribution in [-0.4, -0.2) is 13.0 Å². The fraction of sp³-hybridized carbons (Fsp3) is 0.435.